The number of carbonyl (C=O) groups is 1. The zero-order chi connectivity index (χ0) is 11.6. The average Bonchev–Trinajstić information content (AvgIpc) is 2.24. The number of nitrogens with one attached hydrogen (secondary N) is 1. The highest BCUT2D eigenvalue weighted by Crippen LogP contribution is 2.31. The predicted molar refractivity (Wildman–Crippen MR) is 56.1 cm³/mol. The van der Waals surface area contributed by atoms with Gasteiger partial charge in [0, 0.05) is 6.07 Å². The van der Waals surface area contributed by atoms with Gasteiger partial charge in [0.2, 0.25) is 0 Å². The molecule has 0 spiro atoms. The molecule has 0 aliphatic heterocycles. The molecular formula is C11H13NO4. The summed E-state index contributed by atoms with van der Waals surface area (Å²) in [6.07, 6.45) is 3.70. The fourth-order valence-corrected chi connectivity index (χ4v) is 1.73. The van der Waals surface area contributed by atoms with Gasteiger partial charge < -0.3 is 14.8 Å². The summed E-state index contributed by atoms with van der Waals surface area (Å²) in [5, 5.41) is 12.0. The molecule has 1 aliphatic rings. The quantitative estimate of drug-likeness (QED) is 0.771. The maximum atomic E-state index is 11.7. The summed E-state index contributed by atoms with van der Waals surface area (Å²) >= 11 is 0. The van der Waals surface area contributed by atoms with Gasteiger partial charge in [-0.3, -0.25) is 4.79 Å². The molecule has 2 N–H and O–H groups in total. The van der Waals surface area contributed by atoms with Crippen molar-refractivity contribution in [1.82, 2.24) is 5.32 Å². The van der Waals surface area contributed by atoms with Crippen LogP contribution in [0.4, 0.5) is 0 Å². The molecule has 1 heterocycles. The van der Waals surface area contributed by atoms with Crippen molar-refractivity contribution in [3.8, 4) is 0 Å². The Hall–Kier alpha value is -1.62. The third-order valence-corrected chi connectivity index (χ3v) is 2.96. The second-order valence-corrected chi connectivity index (χ2v) is 4.09. The molecule has 0 saturated heterocycles. The molecule has 0 unspecified atom stereocenters. The van der Waals surface area contributed by atoms with Gasteiger partial charge in [-0.15, -0.1) is 0 Å². The van der Waals surface area contributed by atoms with Crippen LogP contribution in [-0.2, 0) is 0 Å². The first-order valence-corrected chi connectivity index (χ1v) is 5.17. The number of aliphatic hydroxyl groups is 1. The third kappa shape index (κ3) is 1.99. The molecule has 1 aliphatic carbocycles. The van der Waals surface area contributed by atoms with E-state index < -0.39 is 11.2 Å². The highest BCUT2D eigenvalue weighted by molar-refractivity contribution is 5.94. The van der Waals surface area contributed by atoms with Gasteiger partial charge >= 0.3 is 5.63 Å². The SMILES string of the molecule is O=C(NC1(CO)CCC1)c1ccc(=O)oc1. The molecule has 0 bridgehead atoms. The number of rotatable bonds is 3. The van der Waals surface area contributed by atoms with Crippen LogP contribution in [0.3, 0.4) is 0 Å². The van der Waals surface area contributed by atoms with Gasteiger partial charge in [0.05, 0.1) is 17.7 Å². The van der Waals surface area contributed by atoms with Crippen molar-refractivity contribution in [1.29, 1.82) is 0 Å². The molecule has 1 fully saturated rings. The lowest BCUT2D eigenvalue weighted by atomic mass is 9.77. The average molecular weight is 223 g/mol. The van der Waals surface area contributed by atoms with E-state index in [1.54, 1.807) is 0 Å². The van der Waals surface area contributed by atoms with Gasteiger partial charge in [0.1, 0.15) is 6.26 Å². The maximum Gasteiger partial charge on any atom is 0.335 e. The summed E-state index contributed by atoms with van der Waals surface area (Å²) in [7, 11) is 0. The van der Waals surface area contributed by atoms with Crippen molar-refractivity contribution in [2.75, 3.05) is 6.61 Å². The Morgan fingerprint density at radius 2 is 2.25 bits per heavy atom. The highest BCUT2D eigenvalue weighted by Gasteiger charge is 2.37. The summed E-state index contributed by atoms with van der Waals surface area (Å²) in [5.74, 6) is -0.322. The van der Waals surface area contributed by atoms with Crippen LogP contribution in [0.5, 0.6) is 0 Å². The number of carbonyl (C=O) groups excluding carboxylic acids is 1. The Kier molecular flexibility index (Phi) is 2.78. The first-order valence-electron chi connectivity index (χ1n) is 5.17. The highest BCUT2D eigenvalue weighted by atomic mass is 16.4. The molecule has 2 rings (SSSR count). The first-order chi connectivity index (χ1) is 7.65. The smallest absolute Gasteiger partial charge is 0.335 e. The summed E-state index contributed by atoms with van der Waals surface area (Å²) in [6.45, 7) is -0.0600. The Bertz CT molecular complexity index is 422. The lowest BCUT2D eigenvalue weighted by molar-refractivity contribution is 0.0640. The zero-order valence-electron chi connectivity index (χ0n) is 8.73. The molecule has 16 heavy (non-hydrogen) atoms. The van der Waals surface area contributed by atoms with Crippen molar-refractivity contribution >= 4 is 5.91 Å². The topological polar surface area (TPSA) is 79.5 Å². The maximum absolute atomic E-state index is 11.7. The predicted octanol–water partition coefficient (Wildman–Crippen LogP) is 0.285. The van der Waals surface area contributed by atoms with E-state index in [1.807, 2.05) is 0 Å². The van der Waals surface area contributed by atoms with Gasteiger partial charge in [-0.05, 0) is 25.3 Å². The molecule has 86 valence electrons. The molecule has 5 nitrogen and oxygen atoms in total. The second kappa shape index (κ2) is 4.09. The summed E-state index contributed by atoms with van der Waals surface area (Å²) in [6, 6.07) is 2.60. The van der Waals surface area contributed by atoms with E-state index in [-0.39, 0.29) is 12.5 Å². The fourth-order valence-electron chi connectivity index (χ4n) is 1.73. The van der Waals surface area contributed by atoms with E-state index >= 15 is 0 Å². The second-order valence-electron chi connectivity index (χ2n) is 4.09. The first kappa shape index (κ1) is 10.9. The fraction of sp³-hybridized carbons (Fsp3) is 0.455. The van der Waals surface area contributed by atoms with Crippen LogP contribution in [0.15, 0.2) is 27.6 Å². The molecule has 1 saturated carbocycles. The van der Waals surface area contributed by atoms with Crippen LogP contribution in [0.2, 0.25) is 0 Å². The molecule has 1 amide bonds. The van der Waals surface area contributed by atoms with E-state index in [0.717, 1.165) is 25.5 Å². The minimum atomic E-state index is -0.489. The monoisotopic (exact) mass is 223 g/mol. The number of aliphatic hydroxyl groups excluding tert-OH is 1. The molecule has 1 aromatic rings. The van der Waals surface area contributed by atoms with Gasteiger partial charge in [-0.2, -0.15) is 0 Å². The Balaban J connectivity index is 2.08. The van der Waals surface area contributed by atoms with Crippen LogP contribution >= 0.6 is 0 Å². The van der Waals surface area contributed by atoms with E-state index in [0.29, 0.717) is 5.56 Å². The molecule has 5 heteroatoms. The summed E-state index contributed by atoms with van der Waals surface area (Å²) in [4.78, 5) is 22.5. The minimum absolute atomic E-state index is 0.0600. The van der Waals surface area contributed by atoms with Crippen LogP contribution < -0.4 is 10.9 Å². The van der Waals surface area contributed by atoms with Gasteiger partial charge in [-0.25, -0.2) is 4.79 Å². The van der Waals surface area contributed by atoms with Gasteiger partial charge in [0.25, 0.3) is 5.91 Å². The van der Waals surface area contributed by atoms with Crippen molar-refractivity contribution in [2.24, 2.45) is 0 Å². The Morgan fingerprint density at radius 3 is 2.69 bits per heavy atom. The van der Waals surface area contributed by atoms with Crippen molar-refractivity contribution < 1.29 is 14.3 Å². The van der Waals surface area contributed by atoms with Crippen LogP contribution in [0.25, 0.3) is 0 Å². The lowest BCUT2D eigenvalue weighted by Gasteiger charge is -2.40. The normalized spacial score (nSPS) is 17.6. The van der Waals surface area contributed by atoms with Crippen LogP contribution in [0.1, 0.15) is 29.6 Å². The molecule has 0 atom stereocenters. The van der Waals surface area contributed by atoms with E-state index in [4.69, 9.17) is 0 Å². The lowest BCUT2D eigenvalue weighted by Crippen LogP contribution is -2.56. The minimum Gasteiger partial charge on any atom is -0.430 e. The standard InChI is InChI=1S/C11H13NO4/c13-7-11(4-1-5-11)12-10(15)8-2-3-9(14)16-6-8/h2-3,6,13H,1,4-5,7H2,(H,12,15). The largest absolute Gasteiger partial charge is 0.430 e. The molecule has 1 aromatic heterocycles. The van der Waals surface area contributed by atoms with Crippen LogP contribution in [0, 0.1) is 0 Å². The van der Waals surface area contributed by atoms with E-state index in [1.165, 1.54) is 12.1 Å². The van der Waals surface area contributed by atoms with E-state index in [9.17, 15) is 14.7 Å². The summed E-state index contributed by atoms with van der Waals surface area (Å²) < 4.78 is 4.60. The van der Waals surface area contributed by atoms with E-state index in [2.05, 4.69) is 9.73 Å². The third-order valence-electron chi connectivity index (χ3n) is 2.96. The Labute approximate surface area is 92.1 Å². The molecular weight excluding hydrogens is 210 g/mol. The molecule has 0 aromatic carbocycles. The van der Waals surface area contributed by atoms with Crippen molar-refractivity contribution in [2.45, 2.75) is 24.8 Å². The summed E-state index contributed by atoms with van der Waals surface area (Å²) in [5.41, 5.74) is -0.677. The van der Waals surface area contributed by atoms with Crippen molar-refractivity contribution in [3.05, 3.63) is 34.4 Å². The Morgan fingerprint density at radius 1 is 1.50 bits per heavy atom. The number of amides is 1. The van der Waals surface area contributed by atoms with Gasteiger partial charge in [0.15, 0.2) is 0 Å². The van der Waals surface area contributed by atoms with Gasteiger partial charge in [-0.1, -0.05) is 0 Å². The van der Waals surface area contributed by atoms with Crippen LogP contribution in [-0.4, -0.2) is 23.2 Å². The number of hydrogen-bond donors (Lipinski definition) is 2. The number of hydrogen-bond acceptors (Lipinski definition) is 4. The molecule has 0 radical (unpaired) electrons. The van der Waals surface area contributed by atoms with Crippen molar-refractivity contribution in [3.63, 3.8) is 0 Å². The zero-order valence-corrected chi connectivity index (χ0v) is 8.73.